The van der Waals surface area contributed by atoms with E-state index >= 15 is 0 Å². The standard InChI is InChI=1S/C16H18ClN3/c1-16(2)15-6-13(17)4-3-12(15)10-20(16)14-5-11(7-18)8-19-9-14/h3-6,8-9H,7,10,18H2,1-2H3. The average molecular weight is 288 g/mol. The molecule has 20 heavy (non-hydrogen) atoms. The van der Waals surface area contributed by atoms with Gasteiger partial charge in [-0.2, -0.15) is 0 Å². The Morgan fingerprint density at radius 3 is 2.85 bits per heavy atom. The number of nitrogens with zero attached hydrogens (tertiary/aromatic N) is 2. The van der Waals surface area contributed by atoms with Gasteiger partial charge in [-0.15, -0.1) is 0 Å². The fourth-order valence-electron chi connectivity index (χ4n) is 2.92. The molecule has 1 aliphatic heterocycles. The Bertz CT molecular complexity index is 652. The van der Waals surface area contributed by atoms with Gasteiger partial charge in [0.1, 0.15) is 0 Å². The molecule has 1 aliphatic rings. The second kappa shape index (κ2) is 4.76. The third-order valence-electron chi connectivity index (χ3n) is 4.06. The van der Waals surface area contributed by atoms with E-state index in [-0.39, 0.29) is 5.54 Å². The van der Waals surface area contributed by atoms with Crippen LogP contribution >= 0.6 is 11.6 Å². The van der Waals surface area contributed by atoms with Gasteiger partial charge in [-0.3, -0.25) is 4.98 Å². The molecule has 2 aromatic rings. The molecular weight excluding hydrogens is 270 g/mol. The number of nitrogens with two attached hydrogens (primary N) is 1. The van der Waals surface area contributed by atoms with Crippen molar-refractivity contribution in [1.29, 1.82) is 0 Å². The summed E-state index contributed by atoms with van der Waals surface area (Å²) in [6, 6.07) is 8.24. The summed E-state index contributed by atoms with van der Waals surface area (Å²) in [4.78, 5) is 6.65. The van der Waals surface area contributed by atoms with Crippen LogP contribution in [0.15, 0.2) is 36.7 Å². The summed E-state index contributed by atoms with van der Waals surface area (Å²) in [5.74, 6) is 0. The molecule has 1 aromatic carbocycles. The first-order valence-electron chi connectivity index (χ1n) is 6.73. The van der Waals surface area contributed by atoms with Crippen molar-refractivity contribution in [2.24, 2.45) is 5.73 Å². The van der Waals surface area contributed by atoms with Crippen molar-refractivity contribution in [3.8, 4) is 0 Å². The van der Waals surface area contributed by atoms with Gasteiger partial charge in [0.2, 0.25) is 0 Å². The van der Waals surface area contributed by atoms with Crippen molar-refractivity contribution in [3.63, 3.8) is 0 Å². The van der Waals surface area contributed by atoms with Crippen LogP contribution in [0.25, 0.3) is 0 Å². The Kier molecular flexibility index (Phi) is 3.19. The van der Waals surface area contributed by atoms with Gasteiger partial charge in [-0.05, 0) is 48.7 Å². The third kappa shape index (κ3) is 2.07. The fourth-order valence-corrected chi connectivity index (χ4v) is 3.09. The van der Waals surface area contributed by atoms with E-state index < -0.39 is 0 Å². The number of anilines is 1. The van der Waals surface area contributed by atoms with Crippen LogP contribution in [0.5, 0.6) is 0 Å². The topological polar surface area (TPSA) is 42.2 Å². The summed E-state index contributed by atoms with van der Waals surface area (Å²) >= 11 is 6.14. The smallest absolute Gasteiger partial charge is 0.0605 e. The lowest BCUT2D eigenvalue weighted by atomic mass is 9.93. The maximum absolute atomic E-state index is 6.14. The van der Waals surface area contributed by atoms with E-state index in [1.807, 2.05) is 18.5 Å². The molecule has 0 atom stereocenters. The van der Waals surface area contributed by atoms with Gasteiger partial charge in [0.15, 0.2) is 0 Å². The highest BCUT2D eigenvalue weighted by molar-refractivity contribution is 6.30. The highest BCUT2D eigenvalue weighted by Gasteiger charge is 2.37. The average Bonchev–Trinajstić information content (AvgIpc) is 2.71. The van der Waals surface area contributed by atoms with Crippen molar-refractivity contribution < 1.29 is 0 Å². The van der Waals surface area contributed by atoms with Gasteiger partial charge in [-0.25, -0.2) is 0 Å². The van der Waals surface area contributed by atoms with Crippen molar-refractivity contribution >= 4 is 17.3 Å². The third-order valence-corrected chi connectivity index (χ3v) is 4.30. The second-order valence-corrected chi connectivity index (χ2v) is 6.14. The van der Waals surface area contributed by atoms with E-state index in [4.69, 9.17) is 17.3 Å². The van der Waals surface area contributed by atoms with Gasteiger partial charge < -0.3 is 10.6 Å². The molecule has 0 fully saturated rings. The minimum Gasteiger partial charge on any atom is -0.357 e. The molecule has 0 saturated heterocycles. The first-order valence-corrected chi connectivity index (χ1v) is 7.10. The van der Waals surface area contributed by atoms with Crippen LogP contribution < -0.4 is 10.6 Å². The molecule has 0 saturated carbocycles. The molecule has 3 rings (SSSR count). The maximum atomic E-state index is 6.14. The molecule has 0 amide bonds. The van der Waals surface area contributed by atoms with Crippen LogP contribution in [0.2, 0.25) is 5.02 Å². The Hall–Kier alpha value is -1.58. The molecule has 4 heteroatoms. The fraction of sp³-hybridized carbons (Fsp3) is 0.312. The van der Waals surface area contributed by atoms with Crippen LogP contribution in [0.3, 0.4) is 0 Å². The lowest BCUT2D eigenvalue weighted by Gasteiger charge is -2.34. The minimum atomic E-state index is -0.102. The largest absolute Gasteiger partial charge is 0.357 e. The SMILES string of the molecule is CC1(C)c2cc(Cl)ccc2CN1c1cncc(CN)c1. The minimum absolute atomic E-state index is 0.102. The predicted molar refractivity (Wildman–Crippen MR) is 82.8 cm³/mol. The van der Waals surface area contributed by atoms with Gasteiger partial charge >= 0.3 is 0 Å². The van der Waals surface area contributed by atoms with E-state index in [2.05, 4.69) is 41.9 Å². The number of fused-ring (bicyclic) bond motifs is 1. The second-order valence-electron chi connectivity index (χ2n) is 5.70. The molecule has 0 spiro atoms. The number of benzene rings is 1. The summed E-state index contributed by atoms with van der Waals surface area (Å²) in [6.07, 6.45) is 3.71. The van der Waals surface area contributed by atoms with E-state index in [9.17, 15) is 0 Å². The summed E-state index contributed by atoms with van der Waals surface area (Å²) < 4.78 is 0. The molecule has 2 N–H and O–H groups in total. The zero-order valence-electron chi connectivity index (χ0n) is 11.7. The highest BCUT2D eigenvalue weighted by Crippen LogP contribution is 2.42. The first-order chi connectivity index (χ1) is 9.52. The van der Waals surface area contributed by atoms with E-state index in [1.54, 1.807) is 0 Å². The predicted octanol–water partition coefficient (Wildman–Crippen LogP) is 3.45. The molecule has 0 bridgehead atoms. The molecule has 3 nitrogen and oxygen atoms in total. The zero-order valence-corrected chi connectivity index (χ0v) is 12.5. The Balaban J connectivity index is 2.05. The highest BCUT2D eigenvalue weighted by atomic mass is 35.5. The van der Waals surface area contributed by atoms with Crippen LogP contribution in [0.4, 0.5) is 5.69 Å². The molecule has 0 aliphatic carbocycles. The van der Waals surface area contributed by atoms with E-state index in [0.29, 0.717) is 6.54 Å². The first kappa shape index (κ1) is 13.4. The summed E-state index contributed by atoms with van der Waals surface area (Å²) in [7, 11) is 0. The Labute approximate surface area is 124 Å². The molecule has 0 unspecified atom stereocenters. The Morgan fingerprint density at radius 1 is 1.30 bits per heavy atom. The lowest BCUT2D eigenvalue weighted by Crippen LogP contribution is -2.35. The van der Waals surface area contributed by atoms with Gasteiger partial charge in [0.05, 0.1) is 17.4 Å². The number of halogens is 1. The van der Waals surface area contributed by atoms with Crippen molar-refractivity contribution in [1.82, 2.24) is 4.98 Å². The van der Waals surface area contributed by atoms with E-state index in [1.165, 1.54) is 11.1 Å². The number of rotatable bonds is 2. The van der Waals surface area contributed by atoms with Crippen LogP contribution in [-0.4, -0.2) is 4.98 Å². The van der Waals surface area contributed by atoms with Crippen LogP contribution in [-0.2, 0) is 18.6 Å². The molecule has 2 heterocycles. The normalized spacial score (nSPS) is 16.3. The lowest BCUT2D eigenvalue weighted by molar-refractivity contribution is 0.518. The van der Waals surface area contributed by atoms with Gasteiger partial charge in [0, 0.05) is 24.3 Å². The van der Waals surface area contributed by atoms with Crippen molar-refractivity contribution in [3.05, 3.63) is 58.4 Å². The molecule has 0 radical (unpaired) electrons. The number of pyridine rings is 1. The number of hydrogen-bond acceptors (Lipinski definition) is 3. The van der Waals surface area contributed by atoms with Crippen LogP contribution in [0.1, 0.15) is 30.5 Å². The van der Waals surface area contributed by atoms with Crippen molar-refractivity contribution in [2.75, 3.05) is 4.90 Å². The van der Waals surface area contributed by atoms with Gasteiger partial charge in [0.25, 0.3) is 0 Å². The van der Waals surface area contributed by atoms with E-state index in [0.717, 1.165) is 22.8 Å². The van der Waals surface area contributed by atoms with Crippen LogP contribution in [0, 0.1) is 0 Å². The monoisotopic (exact) mass is 287 g/mol. The quantitative estimate of drug-likeness (QED) is 0.920. The molecule has 104 valence electrons. The maximum Gasteiger partial charge on any atom is 0.0605 e. The summed E-state index contributed by atoms with van der Waals surface area (Å²) in [6.45, 7) is 5.80. The zero-order chi connectivity index (χ0) is 14.3. The number of aromatic nitrogens is 1. The summed E-state index contributed by atoms with van der Waals surface area (Å²) in [5.41, 5.74) is 10.4. The Morgan fingerprint density at radius 2 is 2.10 bits per heavy atom. The molecule has 1 aromatic heterocycles. The number of hydrogen-bond donors (Lipinski definition) is 1. The molecular formula is C16H18ClN3. The summed E-state index contributed by atoms with van der Waals surface area (Å²) in [5, 5.41) is 0.785. The van der Waals surface area contributed by atoms with Gasteiger partial charge in [-0.1, -0.05) is 17.7 Å². The van der Waals surface area contributed by atoms with Crippen molar-refractivity contribution in [2.45, 2.75) is 32.5 Å².